The number of carbonyl (C=O) groups is 2. The molecular formula is C10H16O5. The molecule has 1 atom stereocenters. The number of ether oxygens (including phenoxy) is 2. The van der Waals surface area contributed by atoms with E-state index in [1.165, 1.54) is 14.2 Å². The molecule has 0 aromatic carbocycles. The molecule has 0 aromatic heterocycles. The lowest BCUT2D eigenvalue weighted by molar-refractivity contribution is -0.157. The van der Waals surface area contributed by atoms with E-state index in [0.29, 0.717) is 12.8 Å². The van der Waals surface area contributed by atoms with E-state index in [4.69, 9.17) is 5.11 Å². The number of esters is 2. The summed E-state index contributed by atoms with van der Waals surface area (Å²) in [6.45, 7) is 0. The van der Waals surface area contributed by atoms with Crippen molar-refractivity contribution in [3.8, 4) is 0 Å². The lowest BCUT2D eigenvalue weighted by atomic mass is 9.72. The summed E-state index contributed by atoms with van der Waals surface area (Å²) in [5.74, 6) is -1.28. The minimum atomic E-state index is -0.481. The van der Waals surface area contributed by atoms with Gasteiger partial charge in [-0.05, 0) is 18.8 Å². The highest BCUT2D eigenvalue weighted by atomic mass is 16.5. The van der Waals surface area contributed by atoms with Gasteiger partial charge in [-0.2, -0.15) is 0 Å². The van der Waals surface area contributed by atoms with E-state index >= 15 is 0 Å². The first-order valence-electron chi connectivity index (χ1n) is 4.91. The summed E-state index contributed by atoms with van der Waals surface area (Å²) in [6.07, 6.45) is 0.786. The van der Waals surface area contributed by atoms with Crippen molar-refractivity contribution >= 4 is 11.9 Å². The summed E-state index contributed by atoms with van der Waals surface area (Å²) in [7, 11) is 2.58. The van der Waals surface area contributed by atoms with Crippen molar-refractivity contribution in [2.75, 3.05) is 14.2 Å². The number of carbonyl (C=O) groups excluding carboxylic acids is 2. The molecule has 0 aromatic rings. The van der Waals surface area contributed by atoms with Gasteiger partial charge in [-0.1, -0.05) is 0 Å². The normalized spacial score (nSPS) is 26.3. The lowest BCUT2D eigenvalue weighted by Gasteiger charge is -2.35. The van der Waals surface area contributed by atoms with Crippen LogP contribution < -0.4 is 0 Å². The molecule has 0 amide bonds. The Morgan fingerprint density at radius 3 is 2.33 bits per heavy atom. The molecule has 0 aliphatic heterocycles. The van der Waals surface area contributed by atoms with Crippen molar-refractivity contribution in [1.82, 2.24) is 0 Å². The van der Waals surface area contributed by atoms with Crippen LogP contribution in [0.15, 0.2) is 0 Å². The smallest absolute Gasteiger partial charge is 0.309 e. The maximum absolute atomic E-state index is 11.4. The van der Waals surface area contributed by atoms with Gasteiger partial charge in [0.2, 0.25) is 0 Å². The molecule has 0 bridgehead atoms. The summed E-state index contributed by atoms with van der Waals surface area (Å²) in [6, 6.07) is 0. The largest absolute Gasteiger partial charge is 0.469 e. The second kappa shape index (κ2) is 5.11. The highest BCUT2D eigenvalue weighted by Crippen LogP contribution is 2.36. The highest BCUT2D eigenvalue weighted by Gasteiger charge is 2.39. The highest BCUT2D eigenvalue weighted by molar-refractivity contribution is 5.80. The number of aliphatic hydroxyl groups is 1. The first-order chi connectivity index (χ1) is 7.08. The van der Waals surface area contributed by atoms with E-state index in [-0.39, 0.29) is 18.4 Å². The maximum Gasteiger partial charge on any atom is 0.309 e. The van der Waals surface area contributed by atoms with Crippen LogP contribution in [-0.4, -0.2) is 37.4 Å². The summed E-state index contributed by atoms with van der Waals surface area (Å²) in [5.41, 5.74) is 0. The second-order valence-electron chi connectivity index (χ2n) is 3.80. The Labute approximate surface area is 88.4 Å². The van der Waals surface area contributed by atoms with Crippen LogP contribution in [0.4, 0.5) is 0 Å². The quantitative estimate of drug-likeness (QED) is 0.675. The fourth-order valence-electron chi connectivity index (χ4n) is 1.82. The molecule has 0 radical (unpaired) electrons. The monoisotopic (exact) mass is 216 g/mol. The third-order valence-electron chi connectivity index (χ3n) is 2.84. The average molecular weight is 216 g/mol. The van der Waals surface area contributed by atoms with E-state index in [1.54, 1.807) is 0 Å². The lowest BCUT2D eigenvalue weighted by Crippen LogP contribution is -2.39. The zero-order valence-electron chi connectivity index (χ0n) is 8.93. The van der Waals surface area contributed by atoms with Crippen molar-refractivity contribution in [2.45, 2.75) is 25.4 Å². The molecular weight excluding hydrogens is 200 g/mol. The van der Waals surface area contributed by atoms with Gasteiger partial charge in [0.25, 0.3) is 0 Å². The standard InChI is InChI=1S/C10H16O5/c1-14-9(12)5-8(10(13)15-2)6-3-7(11)4-6/h6-8,11H,3-5H2,1-2H3. The van der Waals surface area contributed by atoms with Crippen LogP contribution in [0, 0.1) is 11.8 Å². The van der Waals surface area contributed by atoms with Gasteiger partial charge in [0.15, 0.2) is 0 Å². The molecule has 5 heteroatoms. The Hall–Kier alpha value is -1.10. The molecule has 0 spiro atoms. The molecule has 1 rings (SSSR count). The predicted octanol–water partition coefficient (Wildman–Crippen LogP) is 0.110. The van der Waals surface area contributed by atoms with Crippen molar-refractivity contribution in [3.63, 3.8) is 0 Å². The zero-order chi connectivity index (χ0) is 11.4. The van der Waals surface area contributed by atoms with E-state index in [2.05, 4.69) is 9.47 Å². The minimum absolute atomic E-state index is 0.0283. The summed E-state index contributed by atoms with van der Waals surface area (Å²) < 4.78 is 9.13. The van der Waals surface area contributed by atoms with Crippen LogP contribution in [-0.2, 0) is 19.1 Å². The summed E-state index contributed by atoms with van der Waals surface area (Å²) in [5, 5.41) is 9.14. The zero-order valence-corrected chi connectivity index (χ0v) is 8.93. The second-order valence-corrected chi connectivity index (χ2v) is 3.80. The van der Waals surface area contributed by atoms with Crippen LogP contribution in [0.1, 0.15) is 19.3 Å². The Bertz CT molecular complexity index is 244. The topological polar surface area (TPSA) is 72.8 Å². The van der Waals surface area contributed by atoms with Crippen LogP contribution in [0.3, 0.4) is 0 Å². The van der Waals surface area contributed by atoms with Crippen LogP contribution in [0.25, 0.3) is 0 Å². The van der Waals surface area contributed by atoms with Gasteiger partial charge in [0.1, 0.15) is 0 Å². The van der Waals surface area contributed by atoms with Gasteiger partial charge >= 0.3 is 11.9 Å². The fraction of sp³-hybridized carbons (Fsp3) is 0.800. The minimum Gasteiger partial charge on any atom is -0.469 e. The van der Waals surface area contributed by atoms with Crippen LogP contribution >= 0.6 is 0 Å². The maximum atomic E-state index is 11.4. The van der Waals surface area contributed by atoms with E-state index in [1.807, 2.05) is 0 Å². The van der Waals surface area contributed by atoms with Gasteiger partial charge in [0, 0.05) is 0 Å². The van der Waals surface area contributed by atoms with Crippen molar-refractivity contribution < 1.29 is 24.2 Å². The number of methoxy groups -OCH3 is 2. The Morgan fingerprint density at radius 1 is 1.33 bits per heavy atom. The van der Waals surface area contributed by atoms with E-state index in [9.17, 15) is 9.59 Å². The molecule has 1 saturated carbocycles. The van der Waals surface area contributed by atoms with Gasteiger partial charge in [0.05, 0.1) is 32.7 Å². The van der Waals surface area contributed by atoms with Crippen molar-refractivity contribution in [1.29, 1.82) is 0 Å². The Kier molecular flexibility index (Phi) is 4.08. The average Bonchev–Trinajstić information content (AvgIpc) is 2.20. The predicted molar refractivity (Wildman–Crippen MR) is 50.9 cm³/mol. The van der Waals surface area contributed by atoms with Crippen molar-refractivity contribution in [2.24, 2.45) is 11.8 Å². The molecule has 1 fully saturated rings. The van der Waals surface area contributed by atoms with Gasteiger partial charge in [-0.15, -0.1) is 0 Å². The molecule has 1 aliphatic carbocycles. The number of rotatable bonds is 4. The molecule has 1 aliphatic rings. The molecule has 0 heterocycles. The number of hydrogen-bond acceptors (Lipinski definition) is 5. The molecule has 86 valence electrons. The molecule has 5 nitrogen and oxygen atoms in total. The van der Waals surface area contributed by atoms with E-state index < -0.39 is 17.9 Å². The fourth-order valence-corrected chi connectivity index (χ4v) is 1.82. The van der Waals surface area contributed by atoms with E-state index in [0.717, 1.165) is 0 Å². The number of aliphatic hydroxyl groups excluding tert-OH is 1. The SMILES string of the molecule is COC(=O)CC(C(=O)OC)C1CC(O)C1. The molecule has 0 saturated heterocycles. The van der Waals surface area contributed by atoms with Crippen molar-refractivity contribution in [3.05, 3.63) is 0 Å². The Morgan fingerprint density at radius 2 is 1.93 bits per heavy atom. The van der Waals surface area contributed by atoms with Gasteiger partial charge < -0.3 is 14.6 Å². The first kappa shape index (κ1) is 12.0. The van der Waals surface area contributed by atoms with Crippen LogP contribution in [0.2, 0.25) is 0 Å². The number of hydrogen-bond donors (Lipinski definition) is 1. The summed E-state index contributed by atoms with van der Waals surface area (Å²) >= 11 is 0. The third-order valence-corrected chi connectivity index (χ3v) is 2.84. The van der Waals surface area contributed by atoms with Gasteiger partial charge in [-0.25, -0.2) is 0 Å². The first-order valence-corrected chi connectivity index (χ1v) is 4.91. The summed E-state index contributed by atoms with van der Waals surface area (Å²) in [4.78, 5) is 22.5. The van der Waals surface area contributed by atoms with Gasteiger partial charge in [-0.3, -0.25) is 9.59 Å². The third kappa shape index (κ3) is 2.92. The Balaban J connectivity index is 2.53. The van der Waals surface area contributed by atoms with Crippen LogP contribution in [0.5, 0.6) is 0 Å². The molecule has 1 N–H and O–H groups in total. The molecule has 15 heavy (non-hydrogen) atoms. The molecule has 1 unspecified atom stereocenters.